The average molecular weight is 680 g/mol. The highest BCUT2D eigenvalue weighted by molar-refractivity contribution is 7.15. The van der Waals surface area contributed by atoms with Crippen LogP contribution in [0, 0.1) is 0 Å². The second-order valence-corrected chi connectivity index (χ2v) is 17.0. The minimum atomic E-state index is -2.60. The number of nitrogens with zero attached hydrogens (tertiary/aromatic N) is 1. The summed E-state index contributed by atoms with van der Waals surface area (Å²) in [6.07, 6.45) is 2.42. The highest BCUT2D eigenvalue weighted by atomic mass is 28.3. The molecule has 9 aromatic carbocycles. The topological polar surface area (TPSA) is 3.24 Å². The standard InChI is InChI=1S/C50H37NSi/c1-6-19-39(20-7-1)51(40-21-8-2-9-22-40)50-32-18-31-46-48(50)34-33-47-45-30-17-16-29-44(45)38(37-49(46)47)35-36-52(41-23-10-3-11-24-41,42-25-12-4-13-26-42)43-27-14-5-15-28-43/h1-37H. The molecular weight excluding hydrogens is 643 g/mol. The van der Waals surface area contributed by atoms with Crippen LogP contribution in [0.2, 0.25) is 0 Å². The third-order valence-electron chi connectivity index (χ3n) is 10.4. The largest absolute Gasteiger partial charge is 0.310 e. The summed E-state index contributed by atoms with van der Waals surface area (Å²) in [7, 11) is -2.60. The van der Waals surface area contributed by atoms with Crippen molar-refractivity contribution in [3.63, 3.8) is 0 Å². The van der Waals surface area contributed by atoms with E-state index >= 15 is 0 Å². The van der Waals surface area contributed by atoms with E-state index in [9.17, 15) is 0 Å². The Bertz CT molecular complexity index is 2520. The Balaban J connectivity index is 1.30. The highest BCUT2D eigenvalue weighted by Crippen LogP contribution is 2.42. The zero-order valence-electron chi connectivity index (χ0n) is 28.8. The van der Waals surface area contributed by atoms with Crippen molar-refractivity contribution in [2.45, 2.75) is 0 Å². The number of anilines is 3. The molecule has 0 atom stereocenters. The lowest BCUT2D eigenvalue weighted by atomic mass is 9.93. The molecule has 0 unspecified atom stereocenters. The summed E-state index contributed by atoms with van der Waals surface area (Å²) in [6.45, 7) is 0. The minimum Gasteiger partial charge on any atom is -0.310 e. The molecule has 0 aliphatic heterocycles. The molecular formula is C50H37NSi. The van der Waals surface area contributed by atoms with E-state index in [0.717, 1.165) is 17.1 Å². The van der Waals surface area contributed by atoms with Crippen molar-refractivity contribution < 1.29 is 0 Å². The third kappa shape index (κ3) is 5.51. The van der Waals surface area contributed by atoms with Gasteiger partial charge in [-0.1, -0.05) is 188 Å². The van der Waals surface area contributed by atoms with Crippen molar-refractivity contribution in [2.24, 2.45) is 0 Å². The lowest BCUT2D eigenvalue weighted by molar-refractivity contribution is 1.30. The summed E-state index contributed by atoms with van der Waals surface area (Å²) >= 11 is 0. The molecule has 0 amide bonds. The van der Waals surface area contributed by atoms with Crippen molar-refractivity contribution >= 4 is 79.1 Å². The second kappa shape index (κ2) is 13.7. The Labute approximate surface area is 306 Å². The molecule has 0 aliphatic rings. The van der Waals surface area contributed by atoms with Crippen molar-refractivity contribution in [3.05, 3.63) is 224 Å². The van der Waals surface area contributed by atoms with Crippen molar-refractivity contribution in [1.82, 2.24) is 0 Å². The first-order valence-electron chi connectivity index (χ1n) is 17.9. The Kier molecular flexibility index (Phi) is 8.28. The van der Waals surface area contributed by atoms with E-state index in [1.165, 1.54) is 53.4 Å². The number of para-hydroxylation sites is 2. The van der Waals surface area contributed by atoms with E-state index in [1.807, 2.05) is 0 Å². The Hall–Kier alpha value is -6.48. The smallest absolute Gasteiger partial charge is 0.172 e. The van der Waals surface area contributed by atoms with Crippen LogP contribution in [-0.2, 0) is 0 Å². The van der Waals surface area contributed by atoms with Crippen LogP contribution in [0.4, 0.5) is 17.1 Å². The number of fused-ring (bicyclic) bond motifs is 5. The molecule has 0 spiro atoms. The van der Waals surface area contributed by atoms with Gasteiger partial charge in [0.1, 0.15) is 0 Å². The normalized spacial score (nSPS) is 11.8. The summed E-state index contributed by atoms with van der Waals surface area (Å²) in [4.78, 5) is 2.37. The predicted octanol–water partition coefficient (Wildman–Crippen LogP) is 11.3. The van der Waals surface area contributed by atoms with Gasteiger partial charge in [-0.2, -0.15) is 0 Å². The molecule has 52 heavy (non-hydrogen) atoms. The van der Waals surface area contributed by atoms with Gasteiger partial charge in [-0.05, 0) is 84.5 Å². The van der Waals surface area contributed by atoms with Crippen molar-refractivity contribution in [2.75, 3.05) is 4.90 Å². The molecule has 0 heterocycles. The van der Waals surface area contributed by atoms with Crippen LogP contribution in [0.25, 0.3) is 38.4 Å². The molecule has 0 N–H and O–H groups in total. The average Bonchev–Trinajstić information content (AvgIpc) is 3.23. The third-order valence-corrected chi connectivity index (χ3v) is 14.8. The molecule has 0 saturated heterocycles. The van der Waals surface area contributed by atoms with Gasteiger partial charge in [0, 0.05) is 16.8 Å². The molecule has 0 saturated carbocycles. The predicted molar refractivity (Wildman–Crippen MR) is 227 cm³/mol. The van der Waals surface area contributed by atoms with Crippen LogP contribution >= 0.6 is 0 Å². The molecule has 1 nitrogen and oxygen atoms in total. The van der Waals surface area contributed by atoms with Gasteiger partial charge in [-0.15, -0.1) is 0 Å². The molecule has 246 valence electrons. The van der Waals surface area contributed by atoms with E-state index in [1.54, 1.807) is 0 Å². The highest BCUT2D eigenvalue weighted by Gasteiger charge is 2.36. The lowest BCUT2D eigenvalue weighted by Gasteiger charge is -2.31. The van der Waals surface area contributed by atoms with Crippen LogP contribution in [0.5, 0.6) is 0 Å². The van der Waals surface area contributed by atoms with E-state index in [0.29, 0.717) is 0 Å². The van der Waals surface area contributed by atoms with Gasteiger partial charge in [-0.3, -0.25) is 0 Å². The first kappa shape index (κ1) is 31.5. The van der Waals surface area contributed by atoms with E-state index in [-0.39, 0.29) is 0 Å². The molecule has 0 bridgehead atoms. The summed E-state index contributed by atoms with van der Waals surface area (Å²) in [5, 5.41) is 11.6. The summed E-state index contributed by atoms with van der Waals surface area (Å²) in [5.41, 5.74) is 7.21. The molecule has 9 rings (SSSR count). The quantitative estimate of drug-likeness (QED) is 0.0878. The van der Waals surface area contributed by atoms with Crippen LogP contribution in [0.1, 0.15) is 5.56 Å². The Morgan fingerprint density at radius 2 is 0.731 bits per heavy atom. The van der Waals surface area contributed by atoms with Gasteiger partial charge in [-0.25, -0.2) is 0 Å². The maximum absolute atomic E-state index is 2.60. The Morgan fingerprint density at radius 1 is 0.327 bits per heavy atom. The lowest BCUT2D eigenvalue weighted by Crippen LogP contribution is -2.66. The fourth-order valence-corrected chi connectivity index (χ4v) is 12.1. The number of rotatable bonds is 8. The van der Waals surface area contributed by atoms with Crippen LogP contribution in [0.15, 0.2) is 218 Å². The fraction of sp³-hybridized carbons (Fsp3) is 0. The van der Waals surface area contributed by atoms with Crippen molar-refractivity contribution in [1.29, 1.82) is 0 Å². The van der Waals surface area contributed by atoms with Crippen LogP contribution < -0.4 is 20.5 Å². The molecule has 9 aromatic rings. The summed E-state index contributed by atoms with van der Waals surface area (Å²) < 4.78 is 0. The zero-order valence-corrected chi connectivity index (χ0v) is 29.8. The molecule has 0 radical (unpaired) electrons. The van der Waals surface area contributed by atoms with E-state index in [2.05, 4.69) is 229 Å². The molecule has 0 aliphatic carbocycles. The maximum atomic E-state index is 2.56. The monoisotopic (exact) mass is 679 g/mol. The van der Waals surface area contributed by atoms with Gasteiger partial charge in [0.05, 0.1) is 5.69 Å². The summed E-state index contributed by atoms with van der Waals surface area (Å²) in [6, 6.07) is 77.4. The first-order valence-corrected chi connectivity index (χ1v) is 20.0. The van der Waals surface area contributed by atoms with Gasteiger partial charge < -0.3 is 4.90 Å². The fourth-order valence-electron chi connectivity index (χ4n) is 7.98. The van der Waals surface area contributed by atoms with Gasteiger partial charge >= 0.3 is 0 Å². The number of benzene rings is 9. The van der Waals surface area contributed by atoms with Gasteiger partial charge in [0.25, 0.3) is 0 Å². The van der Waals surface area contributed by atoms with E-state index in [4.69, 9.17) is 0 Å². The number of hydrogen-bond acceptors (Lipinski definition) is 1. The molecule has 2 heteroatoms. The first-order chi connectivity index (χ1) is 25.8. The minimum absolute atomic E-state index is 1.13. The zero-order chi connectivity index (χ0) is 34.7. The summed E-state index contributed by atoms with van der Waals surface area (Å²) in [5.74, 6) is 0. The van der Waals surface area contributed by atoms with Gasteiger partial charge in [0.15, 0.2) is 8.07 Å². The van der Waals surface area contributed by atoms with E-state index < -0.39 is 8.07 Å². The second-order valence-electron chi connectivity index (χ2n) is 13.3. The molecule has 0 fully saturated rings. The van der Waals surface area contributed by atoms with Gasteiger partial charge in [0.2, 0.25) is 0 Å². The van der Waals surface area contributed by atoms with Crippen LogP contribution in [0.3, 0.4) is 0 Å². The maximum Gasteiger partial charge on any atom is 0.172 e. The SMILES string of the molecule is C(=C[Si](c1ccccc1)(c1ccccc1)c1ccccc1)c1cc2c3cccc(N(c4ccccc4)c4ccccc4)c3ccc2c2ccccc12. The van der Waals surface area contributed by atoms with Crippen LogP contribution in [-0.4, -0.2) is 8.07 Å². The number of hydrogen-bond donors (Lipinski definition) is 0. The Morgan fingerprint density at radius 3 is 1.27 bits per heavy atom. The van der Waals surface area contributed by atoms with Crippen molar-refractivity contribution in [3.8, 4) is 0 Å². The molecule has 0 aromatic heterocycles.